The summed E-state index contributed by atoms with van der Waals surface area (Å²) in [5, 5.41) is 7.53. The third kappa shape index (κ3) is 3.98. The highest BCUT2D eigenvalue weighted by Gasteiger charge is 2.26. The summed E-state index contributed by atoms with van der Waals surface area (Å²) in [7, 11) is 1.58. The zero-order valence-corrected chi connectivity index (χ0v) is 20.9. The summed E-state index contributed by atoms with van der Waals surface area (Å²) in [6.45, 7) is 9.38. The Morgan fingerprint density at radius 3 is 2.58 bits per heavy atom. The second kappa shape index (κ2) is 9.30. The van der Waals surface area contributed by atoms with Gasteiger partial charge in [-0.05, 0) is 39.0 Å². The number of aromatic nitrogens is 3. The molecule has 11 heteroatoms. The Hall–Kier alpha value is -3.86. The van der Waals surface area contributed by atoms with E-state index >= 15 is 4.39 Å². The number of piperazine rings is 1. The summed E-state index contributed by atoms with van der Waals surface area (Å²) >= 11 is 0. The van der Waals surface area contributed by atoms with Crippen molar-refractivity contribution in [2.24, 2.45) is 5.10 Å². The van der Waals surface area contributed by atoms with Crippen molar-refractivity contribution in [3.05, 3.63) is 57.0 Å². The number of rotatable bonds is 5. The maximum atomic E-state index is 15.7. The summed E-state index contributed by atoms with van der Waals surface area (Å²) in [4.78, 5) is 37.4. The van der Waals surface area contributed by atoms with Crippen LogP contribution in [0.4, 0.5) is 15.9 Å². The van der Waals surface area contributed by atoms with Crippen LogP contribution in [0.25, 0.3) is 10.9 Å². The molecular formula is C25H29FN8O2. The van der Waals surface area contributed by atoms with Gasteiger partial charge in [0.05, 0.1) is 22.5 Å². The van der Waals surface area contributed by atoms with Crippen molar-refractivity contribution < 1.29 is 9.18 Å². The molecule has 1 fully saturated rings. The smallest absolute Gasteiger partial charge is 0.349 e. The Bertz CT molecular complexity index is 1460. The maximum Gasteiger partial charge on any atom is 0.349 e. The van der Waals surface area contributed by atoms with Crippen LogP contribution in [0, 0.1) is 12.7 Å². The minimum Gasteiger partial charge on any atom is -0.368 e. The van der Waals surface area contributed by atoms with Crippen molar-refractivity contribution in [1.82, 2.24) is 24.8 Å². The van der Waals surface area contributed by atoms with E-state index in [4.69, 9.17) is 0 Å². The molecule has 0 bridgehead atoms. The Balaban J connectivity index is 1.38. The van der Waals surface area contributed by atoms with Crippen LogP contribution >= 0.6 is 0 Å². The summed E-state index contributed by atoms with van der Waals surface area (Å²) in [5.41, 5.74) is 6.70. The van der Waals surface area contributed by atoms with E-state index in [0.717, 1.165) is 48.8 Å². The predicted octanol–water partition coefficient (Wildman–Crippen LogP) is 2.09. The summed E-state index contributed by atoms with van der Waals surface area (Å²) in [6.07, 6.45) is 0. The Morgan fingerprint density at radius 2 is 1.92 bits per heavy atom. The molecule has 2 N–H and O–H groups in total. The van der Waals surface area contributed by atoms with Crippen LogP contribution < -0.4 is 21.3 Å². The van der Waals surface area contributed by atoms with E-state index in [1.54, 1.807) is 13.1 Å². The minimum absolute atomic E-state index is 0.0884. The highest BCUT2D eigenvalue weighted by atomic mass is 19.1. The second-order valence-electron chi connectivity index (χ2n) is 9.06. The fourth-order valence-corrected chi connectivity index (χ4v) is 4.97. The first kappa shape index (κ1) is 23.9. The molecule has 188 valence electrons. The van der Waals surface area contributed by atoms with Gasteiger partial charge < -0.3 is 10.2 Å². The molecule has 10 nitrogen and oxygen atoms in total. The summed E-state index contributed by atoms with van der Waals surface area (Å²) < 4.78 is 17.1. The molecule has 2 aliphatic heterocycles. The molecule has 0 spiro atoms. The lowest BCUT2D eigenvalue weighted by Gasteiger charge is -2.36. The van der Waals surface area contributed by atoms with Gasteiger partial charge in [-0.15, -0.1) is 0 Å². The number of anilines is 2. The van der Waals surface area contributed by atoms with Gasteiger partial charge in [0.15, 0.2) is 5.82 Å². The van der Waals surface area contributed by atoms with Crippen molar-refractivity contribution >= 4 is 34.0 Å². The topological polar surface area (TPSA) is 108 Å². The number of benzene rings is 1. The van der Waals surface area contributed by atoms with Crippen LogP contribution in [0.2, 0.25) is 0 Å². The first-order valence-corrected chi connectivity index (χ1v) is 12.1. The van der Waals surface area contributed by atoms with Gasteiger partial charge in [-0.2, -0.15) is 10.1 Å². The molecule has 36 heavy (non-hydrogen) atoms. The third-order valence-electron chi connectivity index (χ3n) is 6.92. The number of amides is 1. The molecule has 0 saturated carbocycles. The normalized spacial score (nSPS) is 15.6. The van der Waals surface area contributed by atoms with Gasteiger partial charge in [0.2, 0.25) is 0 Å². The molecule has 5 rings (SSSR count). The molecule has 0 unspecified atom stereocenters. The van der Waals surface area contributed by atoms with Crippen molar-refractivity contribution in [3.63, 3.8) is 0 Å². The lowest BCUT2D eigenvalue weighted by molar-refractivity contribution is 0.0958. The quantitative estimate of drug-likeness (QED) is 0.562. The van der Waals surface area contributed by atoms with E-state index in [1.807, 2.05) is 32.9 Å². The highest BCUT2D eigenvalue weighted by Crippen LogP contribution is 2.33. The SMILES string of the molecule is CCn1c2c3c(cc(CN4CCN(c5ccc(C(=O)NC)nc5C)CC4)c(F)c3nc1=O)C(C)=NN2. The Kier molecular flexibility index (Phi) is 6.17. The average Bonchev–Trinajstić information content (AvgIpc) is 2.88. The van der Waals surface area contributed by atoms with Gasteiger partial charge in [0.1, 0.15) is 17.0 Å². The third-order valence-corrected chi connectivity index (χ3v) is 6.92. The van der Waals surface area contributed by atoms with Crippen LogP contribution in [0.1, 0.15) is 41.2 Å². The molecule has 1 aromatic carbocycles. The molecule has 1 amide bonds. The Morgan fingerprint density at radius 1 is 1.17 bits per heavy atom. The summed E-state index contributed by atoms with van der Waals surface area (Å²) in [6, 6.07) is 5.50. The first-order chi connectivity index (χ1) is 17.3. The van der Waals surface area contributed by atoms with Gasteiger partial charge in [0.25, 0.3) is 5.91 Å². The second-order valence-corrected chi connectivity index (χ2v) is 9.06. The van der Waals surface area contributed by atoms with Crippen LogP contribution in [0.5, 0.6) is 0 Å². The van der Waals surface area contributed by atoms with Crippen molar-refractivity contribution in [1.29, 1.82) is 0 Å². The number of pyridine rings is 1. The minimum atomic E-state index is -0.496. The molecule has 4 heterocycles. The fraction of sp³-hybridized carbons (Fsp3) is 0.400. The van der Waals surface area contributed by atoms with Gasteiger partial charge >= 0.3 is 5.69 Å². The number of hydrogen-bond acceptors (Lipinski definition) is 8. The van der Waals surface area contributed by atoms with Gasteiger partial charge in [-0.3, -0.25) is 19.7 Å². The van der Waals surface area contributed by atoms with Crippen molar-refractivity contribution in [2.45, 2.75) is 33.9 Å². The summed E-state index contributed by atoms with van der Waals surface area (Å²) in [5.74, 6) is -0.185. The van der Waals surface area contributed by atoms with Gasteiger partial charge in [-0.1, -0.05) is 0 Å². The first-order valence-electron chi connectivity index (χ1n) is 12.1. The molecular weight excluding hydrogens is 463 g/mol. The van der Waals surface area contributed by atoms with Crippen molar-refractivity contribution in [2.75, 3.05) is 43.6 Å². The maximum absolute atomic E-state index is 15.7. The van der Waals surface area contributed by atoms with E-state index in [2.05, 4.69) is 35.6 Å². The number of aryl methyl sites for hydroxylation is 1. The van der Waals surface area contributed by atoms with E-state index in [0.29, 0.717) is 35.6 Å². The van der Waals surface area contributed by atoms with Gasteiger partial charge in [-0.25, -0.2) is 14.2 Å². The molecule has 3 aromatic rings. The molecule has 0 atom stereocenters. The zero-order valence-electron chi connectivity index (χ0n) is 20.9. The van der Waals surface area contributed by atoms with Crippen LogP contribution in [-0.2, 0) is 13.1 Å². The highest BCUT2D eigenvalue weighted by molar-refractivity contribution is 6.14. The molecule has 0 radical (unpaired) electrons. The Labute approximate surface area is 207 Å². The number of hydrogen-bond donors (Lipinski definition) is 2. The number of nitrogens with one attached hydrogen (secondary N) is 2. The van der Waals surface area contributed by atoms with E-state index < -0.39 is 11.5 Å². The van der Waals surface area contributed by atoms with E-state index in [9.17, 15) is 9.59 Å². The number of carbonyl (C=O) groups excluding carboxylic acids is 1. The van der Waals surface area contributed by atoms with Crippen LogP contribution in [0.15, 0.2) is 28.1 Å². The average molecular weight is 493 g/mol. The monoisotopic (exact) mass is 492 g/mol. The number of hydrazone groups is 1. The van der Waals surface area contributed by atoms with Crippen molar-refractivity contribution in [3.8, 4) is 0 Å². The van der Waals surface area contributed by atoms with Gasteiger partial charge in [0, 0.05) is 57.4 Å². The van der Waals surface area contributed by atoms with E-state index in [1.165, 1.54) is 4.57 Å². The lowest BCUT2D eigenvalue weighted by atomic mass is 9.99. The number of carbonyl (C=O) groups is 1. The molecule has 0 aliphatic carbocycles. The largest absolute Gasteiger partial charge is 0.368 e. The standard InChI is InChI=1S/C25H29FN8O2/c1-5-34-23-20-17(14(2)30-31-23)12-16(21(26)22(20)29-25(34)36)13-32-8-10-33(11-9-32)19-7-6-18(24(35)27-4)28-15(19)3/h6-7,12,31H,5,8-11,13H2,1-4H3,(H,27,35). The lowest BCUT2D eigenvalue weighted by Crippen LogP contribution is -2.46. The fourth-order valence-electron chi connectivity index (χ4n) is 4.97. The molecule has 2 aromatic heterocycles. The van der Waals surface area contributed by atoms with E-state index in [-0.39, 0.29) is 11.4 Å². The van der Waals surface area contributed by atoms with Crippen LogP contribution in [0.3, 0.4) is 0 Å². The molecule has 1 saturated heterocycles. The number of nitrogens with zero attached hydrogens (tertiary/aromatic N) is 6. The van der Waals surface area contributed by atoms with Crippen LogP contribution in [-0.4, -0.2) is 64.3 Å². The number of halogens is 1. The molecule has 2 aliphatic rings. The zero-order chi connectivity index (χ0) is 25.6. The predicted molar refractivity (Wildman–Crippen MR) is 137 cm³/mol.